The van der Waals surface area contributed by atoms with E-state index in [1.54, 1.807) is 11.8 Å². The number of likely N-dealkylation sites (tertiary alicyclic amines) is 1. The van der Waals surface area contributed by atoms with Crippen molar-refractivity contribution < 1.29 is 9.90 Å². The smallest absolute Gasteiger partial charge is 0.310 e. The zero-order valence-electron chi connectivity index (χ0n) is 13.0. The number of piperidine rings is 1. The van der Waals surface area contributed by atoms with Gasteiger partial charge in [0.2, 0.25) is 0 Å². The summed E-state index contributed by atoms with van der Waals surface area (Å²) >= 11 is 1.74. The van der Waals surface area contributed by atoms with Crippen LogP contribution in [0, 0.1) is 5.41 Å². The Hall–Kier alpha value is -1.00. The van der Waals surface area contributed by atoms with Gasteiger partial charge in [-0.2, -0.15) is 0 Å². The second kappa shape index (κ2) is 7.32. The van der Waals surface area contributed by atoms with Crippen molar-refractivity contribution in [3.8, 4) is 0 Å². The molecule has 0 aliphatic carbocycles. The molecule has 0 radical (unpaired) electrons. The summed E-state index contributed by atoms with van der Waals surface area (Å²) in [5.74, 6) is -0.619. The van der Waals surface area contributed by atoms with E-state index in [9.17, 15) is 9.90 Å². The quantitative estimate of drug-likeness (QED) is 0.810. The van der Waals surface area contributed by atoms with Crippen LogP contribution in [0.1, 0.15) is 38.2 Å². The van der Waals surface area contributed by atoms with Crippen LogP contribution in [0.25, 0.3) is 0 Å². The van der Waals surface area contributed by atoms with Crippen molar-refractivity contribution in [2.45, 2.75) is 44.0 Å². The molecule has 1 aromatic carbocycles. The standard InChI is InChI=1S/C17H25NO2S/c1-3-9-17(16(19)20)10-4-11-18(13-17)12-14-5-7-15(21-2)8-6-14/h5-8H,3-4,9-13H2,1-2H3,(H,19,20). The average Bonchev–Trinajstić information content (AvgIpc) is 2.48. The number of rotatable bonds is 6. The van der Waals surface area contributed by atoms with Crippen LogP contribution < -0.4 is 0 Å². The summed E-state index contributed by atoms with van der Waals surface area (Å²) in [4.78, 5) is 15.3. The van der Waals surface area contributed by atoms with E-state index in [1.165, 1.54) is 10.5 Å². The minimum Gasteiger partial charge on any atom is -0.481 e. The first kappa shape index (κ1) is 16.4. The lowest BCUT2D eigenvalue weighted by molar-refractivity contribution is -0.153. The summed E-state index contributed by atoms with van der Waals surface area (Å²) in [5, 5.41) is 9.64. The Morgan fingerprint density at radius 2 is 2.10 bits per heavy atom. The lowest BCUT2D eigenvalue weighted by Gasteiger charge is -2.40. The fourth-order valence-electron chi connectivity index (χ4n) is 3.32. The van der Waals surface area contributed by atoms with Gasteiger partial charge < -0.3 is 5.11 Å². The molecule has 1 fully saturated rings. The molecule has 0 saturated carbocycles. The molecule has 4 heteroatoms. The number of aliphatic carboxylic acids is 1. The number of nitrogens with zero attached hydrogens (tertiary/aromatic N) is 1. The van der Waals surface area contributed by atoms with Gasteiger partial charge in [0.1, 0.15) is 0 Å². The fourth-order valence-corrected chi connectivity index (χ4v) is 3.72. The topological polar surface area (TPSA) is 40.5 Å². The van der Waals surface area contributed by atoms with E-state index in [4.69, 9.17) is 0 Å². The van der Waals surface area contributed by atoms with Gasteiger partial charge in [-0.1, -0.05) is 25.5 Å². The van der Waals surface area contributed by atoms with E-state index in [0.717, 1.165) is 38.8 Å². The summed E-state index contributed by atoms with van der Waals surface area (Å²) in [6, 6.07) is 8.59. The third kappa shape index (κ3) is 4.01. The fraction of sp³-hybridized carbons (Fsp3) is 0.588. The monoisotopic (exact) mass is 307 g/mol. The summed E-state index contributed by atoms with van der Waals surface area (Å²) in [6.45, 7) is 4.61. The highest BCUT2D eigenvalue weighted by Gasteiger charge is 2.41. The van der Waals surface area contributed by atoms with E-state index in [0.29, 0.717) is 6.54 Å². The first-order valence-electron chi connectivity index (χ1n) is 7.68. The van der Waals surface area contributed by atoms with E-state index >= 15 is 0 Å². The van der Waals surface area contributed by atoms with Crippen LogP contribution >= 0.6 is 11.8 Å². The van der Waals surface area contributed by atoms with Gasteiger partial charge in [0.05, 0.1) is 5.41 Å². The Morgan fingerprint density at radius 3 is 2.67 bits per heavy atom. The van der Waals surface area contributed by atoms with Crippen LogP contribution in [0.3, 0.4) is 0 Å². The van der Waals surface area contributed by atoms with Crippen molar-refractivity contribution in [2.75, 3.05) is 19.3 Å². The summed E-state index contributed by atoms with van der Waals surface area (Å²) in [7, 11) is 0. The highest BCUT2D eigenvalue weighted by atomic mass is 32.2. The SMILES string of the molecule is CCCC1(C(=O)O)CCCN(Cc2ccc(SC)cc2)C1. The van der Waals surface area contributed by atoms with Gasteiger partial charge in [0.25, 0.3) is 0 Å². The molecular weight excluding hydrogens is 282 g/mol. The Morgan fingerprint density at radius 1 is 1.38 bits per heavy atom. The van der Waals surface area contributed by atoms with Gasteiger partial charge in [-0.25, -0.2) is 0 Å². The first-order valence-corrected chi connectivity index (χ1v) is 8.91. The number of hydrogen-bond donors (Lipinski definition) is 1. The van der Waals surface area contributed by atoms with Crippen molar-refractivity contribution in [3.05, 3.63) is 29.8 Å². The van der Waals surface area contributed by atoms with Crippen molar-refractivity contribution in [2.24, 2.45) is 5.41 Å². The van der Waals surface area contributed by atoms with E-state index in [1.807, 2.05) is 0 Å². The van der Waals surface area contributed by atoms with Gasteiger partial charge >= 0.3 is 5.97 Å². The Balaban J connectivity index is 2.04. The molecule has 2 rings (SSSR count). The molecule has 21 heavy (non-hydrogen) atoms. The lowest BCUT2D eigenvalue weighted by Crippen LogP contribution is -2.47. The van der Waals surface area contributed by atoms with Crippen LogP contribution in [-0.4, -0.2) is 35.3 Å². The second-order valence-electron chi connectivity index (χ2n) is 6.00. The molecule has 0 aromatic heterocycles. The maximum atomic E-state index is 11.7. The van der Waals surface area contributed by atoms with Crippen molar-refractivity contribution in [3.63, 3.8) is 0 Å². The van der Waals surface area contributed by atoms with Crippen molar-refractivity contribution in [1.29, 1.82) is 0 Å². The highest BCUT2D eigenvalue weighted by molar-refractivity contribution is 7.98. The molecule has 1 aliphatic rings. The maximum Gasteiger partial charge on any atom is 0.310 e. The first-order chi connectivity index (χ1) is 10.1. The summed E-state index contributed by atoms with van der Waals surface area (Å²) < 4.78 is 0. The molecular formula is C17H25NO2S. The van der Waals surface area contributed by atoms with E-state index in [-0.39, 0.29) is 0 Å². The molecule has 116 valence electrons. The maximum absolute atomic E-state index is 11.7. The number of hydrogen-bond acceptors (Lipinski definition) is 3. The minimum atomic E-state index is -0.619. The third-order valence-corrected chi connectivity index (χ3v) is 5.15. The molecule has 1 N–H and O–H groups in total. The zero-order valence-corrected chi connectivity index (χ0v) is 13.8. The molecule has 1 heterocycles. The van der Waals surface area contributed by atoms with Gasteiger partial charge in [-0.05, 0) is 49.8 Å². The number of benzene rings is 1. The lowest BCUT2D eigenvalue weighted by atomic mass is 9.76. The van der Waals surface area contributed by atoms with Gasteiger partial charge in [0.15, 0.2) is 0 Å². The van der Waals surface area contributed by atoms with Crippen LogP contribution in [0.4, 0.5) is 0 Å². The molecule has 0 bridgehead atoms. The second-order valence-corrected chi connectivity index (χ2v) is 6.88. The van der Waals surface area contributed by atoms with Crippen LogP contribution in [0.5, 0.6) is 0 Å². The van der Waals surface area contributed by atoms with Crippen LogP contribution in [0.15, 0.2) is 29.2 Å². The third-order valence-electron chi connectivity index (χ3n) is 4.40. The molecule has 0 spiro atoms. The molecule has 1 aliphatic heterocycles. The molecule has 1 saturated heterocycles. The highest BCUT2D eigenvalue weighted by Crippen LogP contribution is 2.35. The summed E-state index contributed by atoms with van der Waals surface area (Å²) in [5.41, 5.74) is 0.733. The Kier molecular flexibility index (Phi) is 5.71. The molecule has 1 unspecified atom stereocenters. The van der Waals surface area contributed by atoms with Gasteiger partial charge in [-0.3, -0.25) is 9.69 Å². The molecule has 1 aromatic rings. The average molecular weight is 307 g/mol. The number of thioether (sulfide) groups is 1. The van der Waals surface area contributed by atoms with Crippen LogP contribution in [0.2, 0.25) is 0 Å². The van der Waals surface area contributed by atoms with Crippen LogP contribution in [-0.2, 0) is 11.3 Å². The van der Waals surface area contributed by atoms with Crippen molar-refractivity contribution >= 4 is 17.7 Å². The van der Waals surface area contributed by atoms with Crippen molar-refractivity contribution in [1.82, 2.24) is 4.90 Å². The normalized spacial score (nSPS) is 23.1. The number of carbonyl (C=O) groups is 1. The molecule has 0 amide bonds. The predicted octanol–water partition coefficient (Wildman–Crippen LogP) is 3.88. The zero-order chi connectivity index (χ0) is 15.3. The predicted molar refractivity (Wildman–Crippen MR) is 87.7 cm³/mol. The Labute approximate surface area is 131 Å². The van der Waals surface area contributed by atoms with E-state index < -0.39 is 11.4 Å². The molecule has 3 nitrogen and oxygen atoms in total. The van der Waals surface area contributed by atoms with E-state index in [2.05, 4.69) is 42.3 Å². The summed E-state index contributed by atoms with van der Waals surface area (Å²) in [6.07, 6.45) is 5.59. The Bertz CT molecular complexity index is 470. The minimum absolute atomic E-state index is 0.536. The number of carboxylic acid groups (broad SMARTS) is 1. The molecule has 1 atom stereocenters. The number of carboxylic acids is 1. The van der Waals surface area contributed by atoms with Gasteiger partial charge in [-0.15, -0.1) is 11.8 Å². The largest absolute Gasteiger partial charge is 0.481 e. The van der Waals surface area contributed by atoms with Gasteiger partial charge in [0, 0.05) is 18.0 Å².